The van der Waals surface area contributed by atoms with Crippen LogP contribution >= 0.6 is 0 Å². The van der Waals surface area contributed by atoms with Gasteiger partial charge in [-0.2, -0.15) is 0 Å². The Morgan fingerprint density at radius 2 is 1.23 bits per heavy atom. The third kappa shape index (κ3) is 5.05. The Bertz CT molecular complexity index is 2290. The summed E-state index contributed by atoms with van der Waals surface area (Å²) in [6, 6.07) is 49.3. The highest BCUT2D eigenvalue weighted by Crippen LogP contribution is 2.43. The lowest BCUT2D eigenvalue weighted by Gasteiger charge is -2.36. The summed E-state index contributed by atoms with van der Waals surface area (Å²) in [5.74, 6) is 1.23. The fraction of sp³-hybridized carbons (Fsp3) is 0.0500. The van der Waals surface area contributed by atoms with Gasteiger partial charge < -0.3 is 4.98 Å². The molecule has 230 valence electrons. The van der Waals surface area contributed by atoms with Crippen LogP contribution in [-0.2, 0) is 12.0 Å². The van der Waals surface area contributed by atoms with Crippen LogP contribution in [0.4, 0.5) is 0 Å². The number of fused-ring (bicyclic) bond motifs is 1. The number of tetrazole rings is 1. The van der Waals surface area contributed by atoms with E-state index in [2.05, 4.69) is 134 Å². The Labute approximate surface area is 276 Å². The number of hydrogen-bond donors (Lipinski definition) is 1. The predicted octanol–water partition coefficient (Wildman–Crippen LogP) is 7.07. The number of H-pyrrole nitrogens is 1. The van der Waals surface area contributed by atoms with E-state index in [1.54, 1.807) is 18.5 Å². The molecule has 8 rings (SSSR count). The average molecular weight is 624 g/mol. The lowest BCUT2D eigenvalue weighted by Crippen LogP contribution is -2.39. The molecule has 1 N–H and O–H groups in total. The van der Waals surface area contributed by atoms with Crippen molar-refractivity contribution in [3.05, 3.63) is 196 Å². The Hall–Kier alpha value is -6.54. The van der Waals surface area contributed by atoms with Gasteiger partial charge in [0.2, 0.25) is 0 Å². The summed E-state index contributed by atoms with van der Waals surface area (Å²) in [7, 11) is 0. The van der Waals surface area contributed by atoms with E-state index < -0.39 is 5.54 Å². The maximum absolute atomic E-state index is 12.6. The van der Waals surface area contributed by atoms with E-state index >= 15 is 0 Å². The zero-order valence-electron chi connectivity index (χ0n) is 25.8. The second-order valence-corrected chi connectivity index (χ2v) is 11.5. The second-order valence-electron chi connectivity index (χ2n) is 11.5. The smallest absolute Gasteiger partial charge is 0.258 e. The Kier molecular flexibility index (Phi) is 7.43. The highest BCUT2D eigenvalue weighted by atomic mass is 16.1. The molecule has 0 aliphatic rings. The molecule has 8 nitrogen and oxygen atoms in total. The predicted molar refractivity (Wildman–Crippen MR) is 186 cm³/mol. The van der Waals surface area contributed by atoms with Crippen LogP contribution in [0.1, 0.15) is 28.1 Å². The third-order valence-electron chi connectivity index (χ3n) is 8.72. The van der Waals surface area contributed by atoms with Crippen LogP contribution in [0.15, 0.2) is 163 Å². The van der Waals surface area contributed by atoms with E-state index in [1.807, 2.05) is 35.0 Å². The Balaban J connectivity index is 1.24. The van der Waals surface area contributed by atoms with Gasteiger partial charge in [-0.25, -0.2) is 9.67 Å². The molecule has 0 atom stereocenters. The molecule has 0 aliphatic carbocycles. The molecular weight excluding hydrogens is 594 g/mol. The van der Waals surface area contributed by atoms with Gasteiger partial charge in [0.05, 0.1) is 17.1 Å². The van der Waals surface area contributed by atoms with Crippen LogP contribution in [0, 0.1) is 0 Å². The first-order valence-electron chi connectivity index (χ1n) is 15.7. The Morgan fingerprint density at radius 1 is 0.646 bits per heavy atom. The molecule has 0 bridgehead atoms. The minimum atomic E-state index is -0.862. The van der Waals surface area contributed by atoms with Crippen LogP contribution in [0.5, 0.6) is 0 Å². The largest absolute Gasteiger partial charge is 0.310 e. The molecule has 5 aromatic carbocycles. The molecule has 0 radical (unpaired) electrons. The lowest BCUT2D eigenvalue weighted by atomic mass is 9.77. The number of rotatable bonds is 8. The SMILES string of the molecule is O=c1[nH]c(Cc2ccc(-c3ccccc3-c3nnnn3C(c3ccccc3)(c3ccccc3)c3ccccc3)cc2)nc2cnccc12. The molecule has 0 aliphatic heterocycles. The number of nitrogens with one attached hydrogen (secondary N) is 1. The molecule has 0 spiro atoms. The molecule has 0 fully saturated rings. The molecule has 0 unspecified atom stereocenters. The lowest BCUT2D eigenvalue weighted by molar-refractivity contribution is 0.451. The van der Waals surface area contributed by atoms with Gasteiger partial charge in [-0.15, -0.1) is 5.10 Å². The van der Waals surface area contributed by atoms with Crippen LogP contribution in [0.25, 0.3) is 33.4 Å². The van der Waals surface area contributed by atoms with Crippen molar-refractivity contribution in [1.82, 2.24) is 35.2 Å². The van der Waals surface area contributed by atoms with Gasteiger partial charge in [0.1, 0.15) is 11.4 Å². The van der Waals surface area contributed by atoms with E-state index in [1.165, 1.54) is 0 Å². The number of nitrogens with zero attached hydrogens (tertiary/aromatic N) is 6. The summed E-state index contributed by atoms with van der Waals surface area (Å²) in [4.78, 5) is 24.3. The minimum absolute atomic E-state index is 0.168. The van der Waals surface area contributed by atoms with Crippen molar-refractivity contribution >= 4 is 10.9 Å². The molecule has 8 heteroatoms. The van der Waals surface area contributed by atoms with Gasteiger partial charge in [-0.1, -0.05) is 140 Å². The maximum Gasteiger partial charge on any atom is 0.258 e. The van der Waals surface area contributed by atoms with Crippen LogP contribution in [0.3, 0.4) is 0 Å². The van der Waals surface area contributed by atoms with Crippen LogP contribution < -0.4 is 5.56 Å². The van der Waals surface area contributed by atoms with Gasteiger partial charge in [-0.05, 0) is 49.9 Å². The Morgan fingerprint density at radius 3 is 1.85 bits per heavy atom. The van der Waals surface area contributed by atoms with Crippen LogP contribution in [-0.4, -0.2) is 35.2 Å². The summed E-state index contributed by atoms with van der Waals surface area (Å²) in [6.07, 6.45) is 3.69. The van der Waals surface area contributed by atoms with E-state index in [9.17, 15) is 4.79 Å². The molecule has 3 heterocycles. The van der Waals surface area contributed by atoms with Crippen molar-refractivity contribution in [3.8, 4) is 22.5 Å². The van der Waals surface area contributed by atoms with Crippen molar-refractivity contribution in [2.75, 3.05) is 0 Å². The summed E-state index contributed by atoms with van der Waals surface area (Å²) in [6.45, 7) is 0. The number of hydrogen-bond acceptors (Lipinski definition) is 6. The zero-order valence-corrected chi connectivity index (χ0v) is 25.8. The van der Waals surface area contributed by atoms with E-state index in [4.69, 9.17) is 5.21 Å². The normalized spacial score (nSPS) is 11.5. The molecule has 0 amide bonds. The van der Waals surface area contributed by atoms with Crippen molar-refractivity contribution in [1.29, 1.82) is 0 Å². The van der Waals surface area contributed by atoms with Crippen molar-refractivity contribution < 1.29 is 0 Å². The van der Waals surface area contributed by atoms with Crippen molar-refractivity contribution in [2.45, 2.75) is 12.0 Å². The summed E-state index contributed by atoms with van der Waals surface area (Å²) < 4.78 is 1.96. The quantitative estimate of drug-likeness (QED) is 0.182. The first-order chi connectivity index (χ1) is 23.7. The first kappa shape index (κ1) is 28.9. The standard InChI is InChI=1S/C40H29N7O/c48-39-35-24-25-41-27-36(35)42-37(43-39)26-28-20-22-29(23-21-28)33-18-10-11-19-34(33)38-44-45-46-47(38)40(30-12-4-1-5-13-30,31-14-6-2-7-15-31)32-16-8-3-9-17-32/h1-25,27H,26H2,(H,42,43,48). The van der Waals surface area contributed by atoms with Crippen LogP contribution in [0.2, 0.25) is 0 Å². The molecule has 48 heavy (non-hydrogen) atoms. The van der Waals surface area contributed by atoms with Gasteiger partial charge in [0.25, 0.3) is 5.56 Å². The summed E-state index contributed by atoms with van der Waals surface area (Å²) >= 11 is 0. The first-order valence-corrected chi connectivity index (χ1v) is 15.7. The topological polar surface area (TPSA) is 102 Å². The number of aromatic amines is 1. The number of benzene rings is 5. The minimum Gasteiger partial charge on any atom is -0.310 e. The maximum atomic E-state index is 12.6. The van der Waals surface area contributed by atoms with Gasteiger partial charge in [0.15, 0.2) is 5.82 Å². The van der Waals surface area contributed by atoms with E-state index in [-0.39, 0.29) is 5.56 Å². The zero-order chi connectivity index (χ0) is 32.3. The highest BCUT2D eigenvalue weighted by molar-refractivity contribution is 5.81. The molecule has 3 aromatic heterocycles. The molecular formula is C40H29N7O. The van der Waals surface area contributed by atoms with Gasteiger partial charge in [0, 0.05) is 18.2 Å². The molecule has 8 aromatic rings. The van der Waals surface area contributed by atoms with E-state index in [0.29, 0.717) is 29.0 Å². The second kappa shape index (κ2) is 12.3. The summed E-state index contributed by atoms with van der Waals surface area (Å²) in [5, 5.41) is 14.2. The van der Waals surface area contributed by atoms with Crippen molar-refractivity contribution in [3.63, 3.8) is 0 Å². The van der Waals surface area contributed by atoms with Gasteiger partial charge >= 0.3 is 0 Å². The number of pyridine rings is 1. The van der Waals surface area contributed by atoms with E-state index in [0.717, 1.165) is 38.9 Å². The van der Waals surface area contributed by atoms with Gasteiger partial charge in [-0.3, -0.25) is 9.78 Å². The number of aromatic nitrogens is 7. The molecule has 0 saturated heterocycles. The molecule has 0 saturated carbocycles. The fourth-order valence-corrected chi connectivity index (χ4v) is 6.53. The fourth-order valence-electron chi connectivity index (χ4n) is 6.53. The van der Waals surface area contributed by atoms with Crippen molar-refractivity contribution in [2.24, 2.45) is 0 Å². The third-order valence-corrected chi connectivity index (χ3v) is 8.72. The average Bonchev–Trinajstić information content (AvgIpc) is 3.64. The monoisotopic (exact) mass is 623 g/mol. The highest BCUT2D eigenvalue weighted by Gasteiger charge is 2.42. The summed E-state index contributed by atoms with van der Waals surface area (Å²) in [5.41, 5.74) is 6.58.